The zero-order valence-corrected chi connectivity index (χ0v) is 16.8. The minimum atomic E-state index is -0.588. The third-order valence-electron chi connectivity index (χ3n) is 4.60. The zero-order valence-electron chi connectivity index (χ0n) is 14.4. The molecule has 1 aliphatic carbocycles. The molecule has 1 aromatic heterocycles. The van der Waals surface area contributed by atoms with Crippen molar-refractivity contribution in [2.45, 2.75) is 37.9 Å². The van der Waals surface area contributed by atoms with E-state index < -0.39 is 5.60 Å². The van der Waals surface area contributed by atoms with Crippen molar-refractivity contribution >= 4 is 29.9 Å². The Morgan fingerprint density at radius 3 is 2.92 bits per heavy atom. The Kier molecular flexibility index (Phi) is 6.88. The molecule has 7 nitrogen and oxygen atoms in total. The Hall–Kier alpha value is -0.870. The molecule has 2 N–H and O–H groups in total. The van der Waals surface area contributed by atoms with Crippen molar-refractivity contribution in [1.82, 2.24) is 20.0 Å². The van der Waals surface area contributed by atoms with Gasteiger partial charge in [0.2, 0.25) is 0 Å². The maximum absolute atomic E-state index is 10.3. The van der Waals surface area contributed by atoms with Crippen LogP contribution in [0.5, 0.6) is 0 Å². The molecule has 1 aliphatic heterocycles. The third-order valence-corrected chi connectivity index (χ3v) is 4.60. The van der Waals surface area contributed by atoms with Crippen LogP contribution in [0.25, 0.3) is 0 Å². The normalized spacial score (nSPS) is 23.4. The molecule has 2 fully saturated rings. The number of morpholine rings is 1. The van der Waals surface area contributed by atoms with Crippen molar-refractivity contribution in [2.24, 2.45) is 12.0 Å². The van der Waals surface area contributed by atoms with Gasteiger partial charge in [-0.15, -0.1) is 24.0 Å². The van der Waals surface area contributed by atoms with Gasteiger partial charge in [0.25, 0.3) is 0 Å². The summed E-state index contributed by atoms with van der Waals surface area (Å²) in [6, 6.07) is 0. The van der Waals surface area contributed by atoms with Gasteiger partial charge in [0.05, 0.1) is 31.5 Å². The number of hydrogen-bond acceptors (Lipinski definition) is 4. The maximum Gasteiger partial charge on any atom is 0.194 e. The minimum absolute atomic E-state index is 0. The molecule has 0 bridgehead atoms. The second kappa shape index (κ2) is 8.48. The fourth-order valence-electron chi connectivity index (χ4n) is 3.04. The molecule has 0 aromatic carbocycles. The smallest absolute Gasteiger partial charge is 0.194 e. The first-order valence-corrected chi connectivity index (χ1v) is 8.45. The molecule has 2 aliphatic rings. The third kappa shape index (κ3) is 4.60. The minimum Gasteiger partial charge on any atom is -0.388 e. The van der Waals surface area contributed by atoms with Crippen molar-refractivity contribution in [1.29, 1.82) is 0 Å². The number of nitrogens with one attached hydrogen (secondary N) is 1. The van der Waals surface area contributed by atoms with E-state index in [-0.39, 0.29) is 30.1 Å². The molecule has 1 atom stereocenters. The van der Waals surface area contributed by atoms with Crippen LogP contribution in [0.4, 0.5) is 0 Å². The summed E-state index contributed by atoms with van der Waals surface area (Å²) >= 11 is 0. The van der Waals surface area contributed by atoms with Gasteiger partial charge in [-0.05, 0) is 26.2 Å². The van der Waals surface area contributed by atoms with E-state index >= 15 is 0 Å². The highest BCUT2D eigenvalue weighted by atomic mass is 127. The van der Waals surface area contributed by atoms with Crippen LogP contribution >= 0.6 is 24.0 Å². The summed E-state index contributed by atoms with van der Waals surface area (Å²) in [4.78, 5) is 6.88. The number of nitrogens with zero attached hydrogens (tertiary/aromatic N) is 4. The lowest BCUT2D eigenvalue weighted by Gasteiger charge is -2.37. The lowest BCUT2D eigenvalue weighted by Crippen LogP contribution is -2.49. The van der Waals surface area contributed by atoms with Gasteiger partial charge in [-0.2, -0.15) is 5.10 Å². The molecule has 1 aromatic rings. The predicted molar refractivity (Wildman–Crippen MR) is 104 cm³/mol. The van der Waals surface area contributed by atoms with Gasteiger partial charge in [-0.1, -0.05) is 0 Å². The van der Waals surface area contributed by atoms with Gasteiger partial charge in [0.15, 0.2) is 5.96 Å². The number of rotatable bonds is 4. The van der Waals surface area contributed by atoms with Crippen molar-refractivity contribution in [3.63, 3.8) is 0 Å². The Morgan fingerprint density at radius 1 is 1.54 bits per heavy atom. The number of halogens is 1. The highest BCUT2D eigenvalue weighted by Gasteiger charge is 2.34. The molecular weight excluding hydrogens is 421 g/mol. The van der Waals surface area contributed by atoms with E-state index in [2.05, 4.69) is 27.2 Å². The predicted octanol–water partition coefficient (Wildman–Crippen LogP) is 1.29. The van der Waals surface area contributed by atoms with Crippen LogP contribution in [0, 0.1) is 0 Å². The lowest BCUT2D eigenvalue weighted by molar-refractivity contribution is -0.0249. The quantitative estimate of drug-likeness (QED) is 0.412. The first kappa shape index (κ1) is 19.5. The lowest BCUT2D eigenvalue weighted by atomic mass is 9.80. The first-order valence-electron chi connectivity index (χ1n) is 8.45. The average Bonchev–Trinajstić information content (AvgIpc) is 2.96. The molecule has 8 heteroatoms. The fourth-order valence-corrected chi connectivity index (χ4v) is 3.04. The number of hydrogen-bond donors (Lipinski definition) is 2. The molecule has 1 unspecified atom stereocenters. The average molecular weight is 449 g/mol. The van der Waals surface area contributed by atoms with Crippen molar-refractivity contribution < 1.29 is 9.84 Å². The molecular formula is C16H28IN5O2. The number of ether oxygens (including phenoxy) is 1. The van der Waals surface area contributed by atoms with Crippen LogP contribution in [0.2, 0.25) is 0 Å². The molecule has 2 heterocycles. The van der Waals surface area contributed by atoms with Crippen LogP contribution in [0.1, 0.15) is 37.9 Å². The molecule has 0 radical (unpaired) electrons. The summed E-state index contributed by atoms with van der Waals surface area (Å²) in [6.45, 7) is 5.56. The Bertz CT molecular complexity index is 558. The van der Waals surface area contributed by atoms with Crippen LogP contribution in [0.15, 0.2) is 17.4 Å². The summed E-state index contributed by atoms with van der Waals surface area (Å²) in [6.07, 6.45) is 6.68. The topological polar surface area (TPSA) is 74.9 Å². The summed E-state index contributed by atoms with van der Waals surface area (Å²) in [5.74, 6) is 0.866. The van der Waals surface area contributed by atoms with E-state index in [1.54, 1.807) is 4.68 Å². The number of aliphatic hydroxyl groups is 1. The van der Waals surface area contributed by atoms with E-state index in [9.17, 15) is 5.11 Å². The number of aliphatic imine (C=N–C) groups is 1. The number of aryl methyl sites for hydroxylation is 1. The van der Waals surface area contributed by atoms with E-state index in [0.29, 0.717) is 13.2 Å². The molecule has 24 heavy (non-hydrogen) atoms. The van der Waals surface area contributed by atoms with Crippen LogP contribution in [-0.4, -0.2) is 64.1 Å². The molecule has 3 rings (SSSR count). The fraction of sp³-hybridized carbons (Fsp3) is 0.750. The molecule has 136 valence electrons. The van der Waals surface area contributed by atoms with Crippen molar-refractivity contribution in [3.05, 3.63) is 18.0 Å². The Balaban J connectivity index is 0.00000208. The number of aromatic nitrogens is 2. The van der Waals surface area contributed by atoms with Gasteiger partial charge in [-0.3, -0.25) is 9.67 Å². The standard InChI is InChI=1S/C16H27N5O2.HI/c1-3-17-15(18-12-16(22)5-4-6-16)21-7-8-23-14(11-21)13-9-19-20(2)10-13;/h9-10,14,22H,3-8,11-12H2,1-2H3,(H,17,18);1H. The van der Waals surface area contributed by atoms with Crippen LogP contribution < -0.4 is 5.32 Å². The summed E-state index contributed by atoms with van der Waals surface area (Å²) in [7, 11) is 1.91. The SMILES string of the molecule is CCNC(=NCC1(O)CCC1)N1CCOC(c2cnn(C)c2)C1.I. The highest BCUT2D eigenvalue weighted by Crippen LogP contribution is 2.31. The largest absolute Gasteiger partial charge is 0.388 e. The maximum atomic E-state index is 10.3. The van der Waals surface area contributed by atoms with Gasteiger partial charge in [0.1, 0.15) is 6.10 Å². The van der Waals surface area contributed by atoms with Gasteiger partial charge in [0, 0.05) is 31.9 Å². The first-order chi connectivity index (χ1) is 11.1. The van der Waals surface area contributed by atoms with Gasteiger partial charge in [-0.25, -0.2) is 0 Å². The molecule has 1 saturated heterocycles. The van der Waals surface area contributed by atoms with E-state index in [0.717, 1.165) is 50.4 Å². The van der Waals surface area contributed by atoms with E-state index in [4.69, 9.17) is 4.74 Å². The van der Waals surface area contributed by atoms with Crippen LogP contribution in [-0.2, 0) is 11.8 Å². The highest BCUT2D eigenvalue weighted by molar-refractivity contribution is 14.0. The Morgan fingerprint density at radius 2 is 2.33 bits per heavy atom. The second-order valence-corrected chi connectivity index (χ2v) is 6.50. The molecule has 0 spiro atoms. The van der Waals surface area contributed by atoms with Crippen molar-refractivity contribution in [2.75, 3.05) is 32.8 Å². The van der Waals surface area contributed by atoms with E-state index in [1.165, 1.54) is 0 Å². The summed E-state index contributed by atoms with van der Waals surface area (Å²) in [5.41, 5.74) is 0.501. The molecule has 0 amide bonds. The molecule has 1 saturated carbocycles. The monoisotopic (exact) mass is 449 g/mol. The Labute approximate surface area is 160 Å². The summed E-state index contributed by atoms with van der Waals surface area (Å²) < 4.78 is 7.68. The van der Waals surface area contributed by atoms with Gasteiger partial charge >= 0.3 is 0 Å². The van der Waals surface area contributed by atoms with Gasteiger partial charge < -0.3 is 20.1 Å². The number of guanidine groups is 1. The zero-order chi connectivity index (χ0) is 16.3. The van der Waals surface area contributed by atoms with Crippen LogP contribution in [0.3, 0.4) is 0 Å². The van der Waals surface area contributed by atoms with Crippen molar-refractivity contribution in [3.8, 4) is 0 Å². The van der Waals surface area contributed by atoms with E-state index in [1.807, 2.05) is 19.4 Å². The summed E-state index contributed by atoms with van der Waals surface area (Å²) in [5, 5.41) is 17.8. The second-order valence-electron chi connectivity index (χ2n) is 6.50.